The summed E-state index contributed by atoms with van der Waals surface area (Å²) in [4.78, 5) is 14.7. The van der Waals surface area contributed by atoms with Crippen LogP contribution in [0.2, 0.25) is 0 Å². The number of hydrogen-bond acceptors (Lipinski definition) is 3. The molecule has 1 unspecified atom stereocenters. The van der Waals surface area contributed by atoms with Gasteiger partial charge in [-0.05, 0) is 63.4 Å². The van der Waals surface area contributed by atoms with E-state index in [0.717, 1.165) is 48.4 Å². The van der Waals surface area contributed by atoms with E-state index in [1.807, 2.05) is 53.8 Å². The Morgan fingerprint density at radius 3 is 2.61 bits per heavy atom. The summed E-state index contributed by atoms with van der Waals surface area (Å²) in [6, 6.07) is 9.89. The minimum atomic E-state index is 0.0834. The van der Waals surface area contributed by atoms with Gasteiger partial charge in [0.05, 0.1) is 11.4 Å². The summed E-state index contributed by atoms with van der Waals surface area (Å²) in [5.74, 6) is 0.0834. The van der Waals surface area contributed by atoms with Gasteiger partial charge in [0.15, 0.2) is 0 Å². The molecule has 2 aromatic rings. The molecule has 2 heterocycles. The maximum atomic E-state index is 12.7. The summed E-state index contributed by atoms with van der Waals surface area (Å²) in [5, 5.41) is 4.47. The predicted octanol–water partition coefficient (Wildman–Crippen LogP) is 2.44. The molecule has 1 aliphatic rings. The zero-order valence-corrected chi connectivity index (χ0v) is 13.8. The second-order valence-electron chi connectivity index (χ2n) is 6.27. The van der Waals surface area contributed by atoms with Gasteiger partial charge in [-0.3, -0.25) is 4.79 Å². The molecule has 0 spiro atoms. The minimum absolute atomic E-state index is 0.0834. The van der Waals surface area contributed by atoms with Gasteiger partial charge in [-0.15, -0.1) is 0 Å². The Kier molecular flexibility index (Phi) is 4.48. The van der Waals surface area contributed by atoms with Gasteiger partial charge in [0.1, 0.15) is 0 Å². The lowest BCUT2D eigenvalue weighted by Gasteiger charge is -2.35. The number of nitrogens with zero attached hydrogens (tertiary/aromatic N) is 3. The number of aryl methyl sites for hydroxylation is 2. The highest BCUT2D eigenvalue weighted by Crippen LogP contribution is 2.20. The lowest BCUT2D eigenvalue weighted by molar-refractivity contribution is 0.0623. The van der Waals surface area contributed by atoms with Crippen LogP contribution >= 0.6 is 0 Å². The van der Waals surface area contributed by atoms with Crippen LogP contribution in [0.4, 0.5) is 0 Å². The van der Waals surface area contributed by atoms with Gasteiger partial charge in [0, 0.05) is 30.4 Å². The zero-order chi connectivity index (χ0) is 16.4. The number of likely N-dealkylation sites (tertiary alicyclic amines) is 1. The molecular formula is C18H24N4O. The van der Waals surface area contributed by atoms with Crippen LogP contribution < -0.4 is 5.73 Å². The standard InChI is InChI=1S/C18H24N4O/c1-13-11-14(2)22(20-13)16-8-6-15(7-9-16)18(23)21-10-4-3-5-17(21)12-19/h6-9,11,17H,3-5,10,12,19H2,1-2H3. The molecular weight excluding hydrogens is 288 g/mol. The van der Waals surface area contributed by atoms with Crippen LogP contribution in [0.5, 0.6) is 0 Å². The van der Waals surface area contributed by atoms with Crippen molar-refractivity contribution < 1.29 is 4.79 Å². The Balaban J connectivity index is 1.81. The average Bonchev–Trinajstić information content (AvgIpc) is 2.92. The smallest absolute Gasteiger partial charge is 0.254 e. The largest absolute Gasteiger partial charge is 0.334 e. The molecule has 122 valence electrons. The van der Waals surface area contributed by atoms with Crippen LogP contribution in [0.3, 0.4) is 0 Å². The number of amides is 1. The number of benzene rings is 1. The monoisotopic (exact) mass is 312 g/mol. The molecule has 1 atom stereocenters. The number of nitrogens with two attached hydrogens (primary N) is 1. The lowest BCUT2D eigenvalue weighted by Crippen LogP contribution is -2.47. The third-order valence-electron chi connectivity index (χ3n) is 4.53. The third-order valence-corrected chi connectivity index (χ3v) is 4.53. The zero-order valence-electron chi connectivity index (χ0n) is 13.8. The lowest BCUT2D eigenvalue weighted by atomic mass is 10.0. The molecule has 0 bridgehead atoms. The topological polar surface area (TPSA) is 64.2 Å². The van der Waals surface area contributed by atoms with E-state index in [1.165, 1.54) is 0 Å². The van der Waals surface area contributed by atoms with E-state index >= 15 is 0 Å². The number of carbonyl (C=O) groups is 1. The molecule has 0 radical (unpaired) electrons. The van der Waals surface area contributed by atoms with E-state index in [9.17, 15) is 4.79 Å². The molecule has 2 N–H and O–H groups in total. The Morgan fingerprint density at radius 2 is 2.00 bits per heavy atom. The van der Waals surface area contributed by atoms with E-state index in [0.29, 0.717) is 6.54 Å². The van der Waals surface area contributed by atoms with Crippen LogP contribution in [-0.4, -0.2) is 39.7 Å². The summed E-state index contributed by atoms with van der Waals surface area (Å²) in [6.45, 7) is 5.35. The van der Waals surface area contributed by atoms with Crippen LogP contribution in [0.15, 0.2) is 30.3 Å². The summed E-state index contributed by atoms with van der Waals surface area (Å²) >= 11 is 0. The van der Waals surface area contributed by atoms with Gasteiger partial charge in [0.2, 0.25) is 0 Å². The van der Waals surface area contributed by atoms with Crippen molar-refractivity contribution in [3.05, 3.63) is 47.3 Å². The molecule has 1 amide bonds. The van der Waals surface area contributed by atoms with E-state index < -0.39 is 0 Å². The van der Waals surface area contributed by atoms with Crippen molar-refractivity contribution in [2.75, 3.05) is 13.1 Å². The predicted molar refractivity (Wildman–Crippen MR) is 90.8 cm³/mol. The van der Waals surface area contributed by atoms with E-state index in [2.05, 4.69) is 5.10 Å². The molecule has 1 aromatic carbocycles. The normalized spacial score (nSPS) is 18.2. The SMILES string of the molecule is Cc1cc(C)n(-c2ccc(C(=O)N3CCCCC3CN)cc2)n1. The van der Waals surface area contributed by atoms with Gasteiger partial charge in [-0.1, -0.05) is 0 Å². The fraction of sp³-hybridized carbons (Fsp3) is 0.444. The average molecular weight is 312 g/mol. The van der Waals surface area contributed by atoms with Gasteiger partial charge < -0.3 is 10.6 Å². The molecule has 0 aliphatic carbocycles. The molecule has 5 nitrogen and oxygen atoms in total. The number of aromatic nitrogens is 2. The summed E-state index contributed by atoms with van der Waals surface area (Å²) in [6.07, 6.45) is 3.22. The first-order valence-electron chi connectivity index (χ1n) is 8.25. The molecule has 1 aliphatic heterocycles. The quantitative estimate of drug-likeness (QED) is 0.947. The van der Waals surface area contributed by atoms with Crippen molar-refractivity contribution in [2.45, 2.75) is 39.2 Å². The van der Waals surface area contributed by atoms with Crippen molar-refractivity contribution >= 4 is 5.91 Å². The highest BCUT2D eigenvalue weighted by atomic mass is 16.2. The van der Waals surface area contributed by atoms with Crippen molar-refractivity contribution in [1.29, 1.82) is 0 Å². The number of rotatable bonds is 3. The Hall–Kier alpha value is -2.14. The minimum Gasteiger partial charge on any atom is -0.334 e. The van der Waals surface area contributed by atoms with Gasteiger partial charge in [0.25, 0.3) is 5.91 Å². The van der Waals surface area contributed by atoms with Crippen LogP contribution in [0.25, 0.3) is 5.69 Å². The first-order valence-corrected chi connectivity index (χ1v) is 8.25. The Morgan fingerprint density at radius 1 is 1.26 bits per heavy atom. The highest BCUT2D eigenvalue weighted by Gasteiger charge is 2.26. The molecule has 5 heteroatoms. The van der Waals surface area contributed by atoms with Crippen LogP contribution in [-0.2, 0) is 0 Å². The van der Waals surface area contributed by atoms with Crippen molar-refractivity contribution in [3.63, 3.8) is 0 Å². The Labute approximate surface area is 137 Å². The summed E-state index contributed by atoms with van der Waals surface area (Å²) in [5.41, 5.74) is 9.59. The van der Waals surface area contributed by atoms with E-state index in [-0.39, 0.29) is 11.9 Å². The van der Waals surface area contributed by atoms with Gasteiger partial charge >= 0.3 is 0 Å². The van der Waals surface area contributed by atoms with Gasteiger partial charge in [-0.25, -0.2) is 4.68 Å². The maximum absolute atomic E-state index is 12.7. The van der Waals surface area contributed by atoms with Crippen molar-refractivity contribution in [1.82, 2.24) is 14.7 Å². The first-order chi connectivity index (χ1) is 11.1. The fourth-order valence-corrected chi connectivity index (χ4v) is 3.31. The van der Waals surface area contributed by atoms with E-state index in [4.69, 9.17) is 5.73 Å². The molecule has 0 saturated carbocycles. The van der Waals surface area contributed by atoms with E-state index in [1.54, 1.807) is 0 Å². The number of carbonyl (C=O) groups excluding carboxylic acids is 1. The molecule has 3 rings (SSSR count). The highest BCUT2D eigenvalue weighted by molar-refractivity contribution is 5.94. The third kappa shape index (κ3) is 3.15. The summed E-state index contributed by atoms with van der Waals surface area (Å²) < 4.78 is 1.90. The molecule has 23 heavy (non-hydrogen) atoms. The fourth-order valence-electron chi connectivity index (χ4n) is 3.31. The number of piperidine rings is 1. The summed E-state index contributed by atoms with van der Waals surface area (Å²) in [7, 11) is 0. The number of hydrogen-bond donors (Lipinski definition) is 1. The molecule has 1 fully saturated rings. The second kappa shape index (κ2) is 6.54. The van der Waals surface area contributed by atoms with Crippen LogP contribution in [0.1, 0.15) is 41.0 Å². The van der Waals surface area contributed by atoms with Crippen molar-refractivity contribution in [3.8, 4) is 5.69 Å². The molecule has 1 aromatic heterocycles. The Bertz CT molecular complexity index is 690. The van der Waals surface area contributed by atoms with Crippen LogP contribution in [0, 0.1) is 13.8 Å². The molecule has 1 saturated heterocycles. The first kappa shape index (κ1) is 15.7. The maximum Gasteiger partial charge on any atom is 0.254 e. The van der Waals surface area contributed by atoms with Gasteiger partial charge in [-0.2, -0.15) is 5.10 Å². The van der Waals surface area contributed by atoms with Crippen molar-refractivity contribution in [2.24, 2.45) is 5.73 Å². The second-order valence-corrected chi connectivity index (χ2v) is 6.27.